The van der Waals surface area contributed by atoms with E-state index in [4.69, 9.17) is 5.11 Å². The Balaban J connectivity index is 1.97. The predicted octanol–water partition coefficient (Wildman–Crippen LogP) is 1.73. The van der Waals surface area contributed by atoms with Gasteiger partial charge in [-0.15, -0.1) is 0 Å². The summed E-state index contributed by atoms with van der Waals surface area (Å²) in [4.78, 5) is 10.7. The lowest BCUT2D eigenvalue weighted by Gasteiger charge is -2.04. The molecule has 0 fully saturated rings. The van der Waals surface area contributed by atoms with Gasteiger partial charge in [0.2, 0.25) is 0 Å². The Kier molecular flexibility index (Phi) is 3.09. The van der Waals surface area contributed by atoms with Gasteiger partial charge in [-0.1, -0.05) is 0 Å². The number of carboxylic acid groups (broad SMARTS) is 1. The highest BCUT2D eigenvalue weighted by Gasteiger charge is 2.01. The minimum absolute atomic E-state index is 0.289. The van der Waals surface area contributed by atoms with Crippen LogP contribution in [-0.2, 0) is 13.6 Å². The van der Waals surface area contributed by atoms with Gasteiger partial charge in [-0.05, 0) is 24.3 Å². The number of hydrogen-bond donors (Lipinski definition) is 2. The highest BCUT2D eigenvalue weighted by molar-refractivity contribution is 5.87. The molecule has 0 aliphatic rings. The van der Waals surface area contributed by atoms with Gasteiger partial charge >= 0.3 is 5.97 Å². The number of carboxylic acids is 1. The Hall–Kier alpha value is -2.30. The van der Waals surface area contributed by atoms with E-state index < -0.39 is 5.97 Å². The molecule has 2 N–H and O–H groups in total. The molecule has 2 aromatic rings. The summed E-state index contributed by atoms with van der Waals surface area (Å²) in [7, 11) is 1.87. The van der Waals surface area contributed by atoms with Crippen molar-refractivity contribution in [1.29, 1.82) is 0 Å². The molecule has 0 saturated heterocycles. The average Bonchev–Trinajstić information content (AvgIpc) is 2.73. The van der Waals surface area contributed by atoms with Crippen LogP contribution in [-0.4, -0.2) is 20.9 Å². The van der Waals surface area contributed by atoms with Gasteiger partial charge in [0.25, 0.3) is 0 Å². The normalized spacial score (nSPS) is 10.2. The maximum Gasteiger partial charge on any atom is 0.335 e. The van der Waals surface area contributed by atoms with E-state index in [-0.39, 0.29) is 5.56 Å². The van der Waals surface area contributed by atoms with Gasteiger partial charge in [-0.3, -0.25) is 4.68 Å². The van der Waals surface area contributed by atoms with E-state index in [2.05, 4.69) is 10.4 Å². The Morgan fingerprint density at radius 1 is 1.41 bits per heavy atom. The van der Waals surface area contributed by atoms with Crippen LogP contribution in [0.25, 0.3) is 0 Å². The maximum absolute atomic E-state index is 10.7. The molecule has 88 valence electrons. The van der Waals surface area contributed by atoms with Gasteiger partial charge in [0, 0.05) is 31.0 Å². The van der Waals surface area contributed by atoms with Crippen LogP contribution < -0.4 is 5.32 Å². The lowest BCUT2D eigenvalue weighted by atomic mass is 10.2. The predicted molar refractivity (Wildman–Crippen MR) is 63.9 cm³/mol. The van der Waals surface area contributed by atoms with E-state index >= 15 is 0 Å². The molecule has 0 aliphatic carbocycles. The summed E-state index contributed by atoms with van der Waals surface area (Å²) in [5, 5.41) is 16.0. The fraction of sp³-hybridized carbons (Fsp3) is 0.167. The van der Waals surface area contributed by atoms with Crippen LogP contribution in [0.4, 0.5) is 5.69 Å². The molecule has 1 heterocycles. The summed E-state index contributed by atoms with van der Waals surface area (Å²) in [6, 6.07) is 6.65. The number of aromatic nitrogens is 2. The van der Waals surface area contributed by atoms with Crippen molar-refractivity contribution in [3.8, 4) is 0 Å². The lowest BCUT2D eigenvalue weighted by molar-refractivity contribution is 0.0697. The highest BCUT2D eigenvalue weighted by Crippen LogP contribution is 2.11. The topological polar surface area (TPSA) is 67.2 Å². The Morgan fingerprint density at radius 3 is 2.65 bits per heavy atom. The molecule has 0 bridgehead atoms. The van der Waals surface area contributed by atoms with Crippen LogP contribution in [0.3, 0.4) is 0 Å². The van der Waals surface area contributed by atoms with E-state index in [1.807, 2.05) is 13.2 Å². The van der Waals surface area contributed by atoms with Crippen LogP contribution in [0.2, 0.25) is 0 Å². The summed E-state index contributed by atoms with van der Waals surface area (Å²) in [6.07, 6.45) is 3.72. The average molecular weight is 231 g/mol. The Labute approximate surface area is 98.7 Å². The zero-order valence-electron chi connectivity index (χ0n) is 9.42. The van der Waals surface area contributed by atoms with Gasteiger partial charge in [0.05, 0.1) is 11.8 Å². The summed E-state index contributed by atoms with van der Waals surface area (Å²) in [5.74, 6) is -0.913. The molecule has 0 amide bonds. The highest BCUT2D eigenvalue weighted by atomic mass is 16.4. The third-order valence-corrected chi connectivity index (χ3v) is 2.39. The Bertz CT molecular complexity index is 517. The number of aryl methyl sites for hydroxylation is 1. The number of anilines is 1. The molecule has 0 spiro atoms. The first-order valence-electron chi connectivity index (χ1n) is 5.20. The van der Waals surface area contributed by atoms with Gasteiger partial charge < -0.3 is 10.4 Å². The number of rotatable bonds is 4. The monoisotopic (exact) mass is 231 g/mol. The van der Waals surface area contributed by atoms with Crippen molar-refractivity contribution < 1.29 is 9.90 Å². The molecule has 5 nitrogen and oxygen atoms in total. The van der Waals surface area contributed by atoms with E-state index in [0.29, 0.717) is 6.54 Å². The minimum Gasteiger partial charge on any atom is -0.478 e. The number of hydrogen-bond acceptors (Lipinski definition) is 3. The molecule has 0 radical (unpaired) electrons. The molecule has 2 rings (SSSR count). The molecular formula is C12H13N3O2. The summed E-state index contributed by atoms with van der Waals surface area (Å²) < 4.78 is 1.74. The van der Waals surface area contributed by atoms with Crippen LogP contribution in [0.1, 0.15) is 15.9 Å². The van der Waals surface area contributed by atoms with E-state index in [1.54, 1.807) is 35.1 Å². The molecule has 0 atom stereocenters. The smallest absolute Gasteiger partial charge is 0.335 e. The van der Waals surface area contributed by atoms with Crippen LogP contribution in [0, 0.1) is 0 Å². The fourth-order valence-electron chi connectivity index (χ4n) is 1.50. The largest absolute Gasteiger partial charge is 0.478 e. The number of carbonyl (C=O) groups is 1. The molecule has 17 heavy (non-hydrogen) atoms. The molecule has 0 unspecified atom stereocenters. The standard InChI is InChI=1S/C12H13N3O2/c1-15-8-9(7-14-15)6-13-11-4-2-10(3-5-11)12(16)17/h2-5,7-8,13H,6H2,1H3,(H,16,17). The number of benzene rings is 1. The molecule has 0 aliphatic heterocycles. The summed E-state index contributed by atoms with van der Waals surface area (Å²) in [6.45, 7) is 0.667. The lowest BCUT2D eigenvalue weighted by Crippen LogP contribution is -2.00. The molecule has 1 aromatic carbocycles. The Morgan fingerprint density at radius 2 is 2.12 bits per heavy atom. The molecule has 5 heteroatoms. The van der Waals surface area contributed by atoms with Crippen LogP contribution in [0.15, 0.2) is 36.7 Å². The summed E-state index contributed by atoms with van der Waals surface area (Å²) >= 11 is 0. The van der Waals surface area contributed by atoms with Crippen molar-refractivity contribution in [1.82, 2.24) is 9.78 Å². The molecular weight excluding hydrogens is 218 g/mol. The quantitative estimate of drug-likeness (QED) is 0.841. The van der Waals surface area contributed by atoms with Gasteiger partial charge in [-0.25, -0.2) is 4.79 Å². The zero-order valence-corrected chi connectivity index (χ0v) is 9.42. The SMILES string of the molecule is Cn1cc(CNc2ccc(C(=O)O)cc2)cn1. The van der Waals surface area contributed by atoms with Crippen molar-refractivity contribution in [2.75, 3.05) is 5.32 Å². The molecule has 0 saturated carbocycles. The zero-order chi connectivity index (χ0) is 12.3. The molecule has 1 aromatic heterocycles. The van der Waals surface area contributed by atoms with Crippen molar-refractivity contribution in [3.63, 3.8) is 0 Å². The second-order valence-electron chi connectivity index (χ2n) is 3.76. The first-order chi connectivity index (χ1) is 8.15. The van der Waals surface area contributed by atoms with E-state index in [1.165, 1.54) is 0 Å². The second kappa shape index (κ2) is 4.69. The number of nitrogens with zero attached hydrogens (tertiary/aromatic N) is 2. The van der Waals surface area contributed by atoms with Crippen molar-refractivity contribution in [2.24, 2.45) is 7.05 Å². The third-order valence-electron chi connectivity index (χ3n) is 2.39. The van der Waals surface area contributed by atoms with Crippen LogP contribution >= 0.6 is 0 Å². The van der Waals surface area contributed by atoms with Crippen molar-refractivity contribution in [2.45, 2.75) is 6.54 Å². The third kappa shape index (κ3) is 2.84. The van der Waals surface area contributed by atoms with E-state index in [9.17, 15) is 4.79 Å². The fourth-order valence-corrected chi connectivity index (χ4v) is 1.50. The second-order valence-corrected chi connectivity index (χ2v) is 3.76. The number of aromatic carboxylic acids is 1. The van der Waals surface area contributed by atoms with Crippen molar-refractivity contribution in [3.05, 3.63) is 47.8 Å². The first-order valence-corrected chi connectivity index (χ1v) is 5.20. The minimum atomic E-state index is -0.913. The maximum atomic E-state index is 10.7. The summed E-state index contributed by atoms with van der Waals surface area (Å²) in [5.41, 5.74) is 2.26. The van der Waals surface area contributed by atoms with Crippen molar-refractivity contribution >= 4 is 11.7 Å². The van der Waals surface area contributed by atoms with E-state index in [0.717, 1.165) is 11.3 Å². The van der Waals surface area contributed by atoms with Gasteiger partial charge in [0.15, 0.2) is 0 Å². The number of nitrogens with one attached hydrogen (secondary N) is 1. The van der Waals surface area contributed by atoms with Gasteiger partial charge in [-0.2, -0.15) is 5.10 Å². The van der Waals surface area contributed by atoms with Gasteiger partial charge in [0.1, 0.15) is 0 Å². The van der Waals surface area contributed by atoms with Crippen LogP contribution in [0.5, 0.6) is 0 Å². The first kappa shape index (κ1) is 11.2.